The molecule has 2 rings (SSSR count). The highest BCUT2D eigenvalue weighted by atomic mass is 16.5. The van der Waals surface area contributed by atoms with Crippen molar-refractivity contribution in [3.05, 3.63) is 52.1 Å². The van der Waals surface area contributed by atoms with E-state index in [1.807, 2.05) is 13.0 Å². The first-order valence-corrected chi connectivity index (χ1v) is 9.40. The lowest BCUT2D eigenvalue weighted by Crippen LogP contribution is -2.31. The van der Waals surface area contributed by atoms with Crippen LogP contribution >= 0.6 is 0 Å². The second kappa shape index (κ2) is 8.47. The molecule has 0 radical (unpaired) electrons. The average molecular weight is 370 g/mol. The molecule has 0 unspecified atom stereocenters. The van der Waals surface area contributed by atoms with Crippen LogP contribution in [0.25, 0.3) is 6.08 Å². The summed E-state index contributed by atoms with van der Waals surface area (Å²) in [6, 6.07) is 1.70. The fourth-order valence-corrected chi connectivity index (χ4v) is 3.28. The SMILES string of the molecule is CC(C)=CCC/C(C)=C/CC[C@@]1(C)C=Cc2c(cc(C)c(C(=O)O)c2O)O1. The van der Waals surface area contributed by atoms with Crippen molar-refractivity contribution in [1.29, 1.82) is 0 Å². The number of rotatable bonds is 7. The maximum atomic E-state index is 11.3. The fraction of sp³-hybridized carbons (Fsp3) is 0.435. The van der Waals surface area contributed by atoms with Crippen LogP contribution in [0.2, 0.25) is 0 Å². The minimum atomic E-state index is -1.14. The van der Waals surface area contributed by atoms with Gasteiger partial charge in [0.15, 0.2) is 0 Å². The first-order chi connectivity index (χ1) is 12.6. The Bertz CT molecular complexity index is 810. The van der Waals surface area contributed by atoms with Crippen LogP contribution in [0.5, 0.6) is 11.5 Å². The third kappa shape index (κ3) is 5.25. The number of aromatic carboxylic acids is 1. The monoisotopic (exact) mass is 370 g/mol. The number of aromatic hydroxyl groups is 1. The molecule has 0 aromatic heterocycles. The van der Waals surface area contributed by atoms with Gasteiger partial charge in [-0.15, -0.1) is 0 Å². The summed E-state index contributed by atoms with van der Waals surface area (Å²) in [6.07, 6.45) is 12.0. The molecule has 4 nitrogen and oxygen atoms in total. The van der Waals surface area contributed by atoms with Gasteiger partial charge in [-0.2, -0.15) is 0 Å². The Labute approximate surface area is 161 Å². The van der Waals surface area contributed by atoms with E-state index in [1.54, 1.807) is 19.1 Å². The van der Waals surface area contributed by atoms with Gasteiger partial charge in [-0.25, -0.2) is 4.79 Å². The molecule has 1 aromatic carbocycles. The summed E-state index contributed by atoms with van der Waals surface area (Å²) >= 11 is 0. The van der Waals surface area contributed by atoms with E-state index in [-0.39, 0.29) is 11.3 Å². The van der Waals surface area contributed by atoms with Crippen molar-refractivity contribution in [1.82, 2.24) is 0 Å². The number of hydrogen-bond donors (Lipinski definition) is 2. The summed E-state index contributed by atoms with van der Waals surface area (Å²) in [4.78, 5) is 11.3. The van der Waals surface area contributed by atoms with Crippen LogP contribution in [0.1, 0.15) is 74.9 Å². The van der Waals surface area contributed by atoms with Crippen molar-refractivity contribution in [3.8, 4) is 11.5 Å². The van der Waals surface area contributed by atoms with E-state index in [1.165, 1.54) is 11.1 Å². The van der Waals surface area contributed by atoms with Gasteiger partial charge in [0.2, 0.25) is 0 Å². The van der Waals surface area contributed by atoms with Crippen molar-refractivity contribution in [2.24, 2.45) is 0 Å². The van der Waals surface area contributed by atoms with Crippen molar-refractivity contribution in [2.75, 3.05) is 0 Å². The van der Waals surface area contributed by atoms with Crippen LogP contribution in [0.3, 0.4) is 0 Å². The zero-order chi connectivity index (χ0) is 20.2. The number of carboxylic acids is 1. The fourth-order valence-electron chi connectivity index (χ4n) is 3.28. The van der Waals surface area contributed by atoms with Gasteiger partial charge in [0.25, 0.3) is 0 Å². The lowest BCUT2D eigenvalue weighted by molar-refractivity contribution is 0.0692. The summed E-state index contributed by atoms with van der Waals surface area (Å²) in [7, 11) is 0. The van der Waals surface area contributed by atoms with Crippen LogP contribution in [-0.4, -0.2) is 21.8 Å². The minimum Gasteiger partial charge on any atom is -0.506 e. The molecule has 1 aromatic rings. The molecule has 0 spiro atoms. The normalized spacial score (nSPS) is 18.6. The van der Waals surface area contributed by atoms with E-state index in [2.05, 4.69) is 32.9 Å². The number of benzene rings is 1. The van der Waals surface area contributed by atoms with Crippen molar-refractivity contribution in [3.63, 3.8) is 0 Å². The molecule has 146 valence electrons. The topological polar surface area (TPSA) is 66.8 Å². The molecule has 2 N–H and O–H groups in total. The summed E-state index contributed by atoms with van der Waals surface area (Å²) in [5.74, 6) is -0.835. The highest BCUT2D eigenvalue weighted by molar-refractivity contribution is 5.95. The maximum absolute atomic E-state index is 11.3. The van der Waals surface area contributed by atoms with Gasteiger partial charge >= 0.3 is 5.97 Å². The van der Waals surface area contributed by atoms with E-state index in [0.29, 0.717) is 16.9 Å². The number of carboxylic acid groups (broad SMARTS) is 1. The summed E-state index contributed by atoms with van der Waals surface area (Å²) in [6.45, 7) is 10.1. The van der Waals surface area contributed by atoms with Crippen molar-refractivity contribution in [2.45, 2.75) is 65.9 Å². The van der Waals surface area contributed by atoms with Gasteiger partial charge in [0, 0.05) is 0 Å². The molecule has 0 bridgehead atoms. The van der Waals surface area contributed by atoms with Crippen molar-refractivity contribution < 1.29 is 19.7 Å². The molecule has 1 atom stereocenters. The smallest absolute Gasteiger partial charge is 0.339 e. The van der Waals surface area contributed by atoms with Crippen LogP contribution < -0.4 is 4.74 Å². The first-order valence-electron chi connectivity index (χ1n) is 9.40. The van der Waals surface area contributed by atoms with Crippen LogP contribution in [0.4, 0.5) is 0 Å². The molecule has 1 heterocycles. The predicted octanol–water partition coefficient (Wildman–Crippen LogP) is 6.04. The third-order valence-corrected chi connectivity index (χ3v) is 4.88. The summed E-state index contributed by atoms with van der Waals surface area (Å²) in [5.41, 5.74) is 3.10. The van der Waals surface area contributed by atoms with Gasteiger partial charge in [0.05, 0.1) is 5.56 Å². The number of hydrogen-bond acceptors (Lipinski definition) is 3. The number of phenols is 1. The standard InChI is InChI=1S/C23H30O4/c1-15(2)8-6-9-16(3)10-7-12-23(5)13-11-18-19(27-23)14-17(4)20(21(18)24)22(25)26/h8,10-11,13-14,24H,6-7,9,12H2,1-5H3,(H,25,26)/b16-10+/t23-/m0/s1. The Morgan fingerprint density at radius 1 is 1.22 bits per heavy atom. The molecular formula is C23H30O4. The summed E-state index contributed by atoms with van der Waals surface area (Å²) < 4.78 is 6.13. The molecule has 1 aliphatic rings. The average Bonchev–Trinajstić information content (AvgIpc) is 2.53. The number of ether oxygens (including phenoxy) is 1. The van der Waals surface area contributed by atoms with Gasteiger partial charge in [-0.1, -0.05) is 23.3 Å². The number of aryl methyl sites for hydroxylation is 1. The molecule has 1 aliphatic heterocycles. The number of carbonyl (C=O) groups is 1. The van der Waals surface area contributed by atoms with Crippen LogP contribution in [0, 0.1) is 6.92 Å². The number of allylic oxidation sites excluding steroid dienone is 4. The second-order valence-electron chi connectivity index (χ2n) is 7.79. The molecule has 0 amide bonds. The zero-order valence-electron chi connectivity index (χ0n) is 16.9. The van der Waals surface area contributed by atoms with E-state index in [4.69, 9.17) is 4.74 Å². The zero-order valence-corrected chi connectivity index (χ0v) is 16.9. The maximum Gasteiger partial charge on any atom is 0.339 e. The molecule has 0 saturated carbocycles. The van der Waals surface area contributed by atoms with Gasteiger partial charge < -0.3 is 14.9 Å². The van der Waals surface area contributed by atoms with Crippen LogP contribution in [-0.2, 0) is 0 Å². The Kier molecular flexibility index (Phi) is 6.53. The van der Waals surface area contributed by atoms with Gasteiger partial charge in [-0.3, -0.25) is 0 Å². The van der Waals surface area contributed by atoms with E-state index >= 15 is 0 Å². The lowest BCUT2D eigenvalue weighted by atomic mass is 9.92. The molecule has 0 fully saturated rings. The molecular weight excluding hydrogens is 340 g/mol. The van der Waals surface area contributed by atoms with Crippen LogP contribution in [0.15, 0.2) is 35.4 Å². The minimum absolute atomic E-state index is 0.0690. The predicted molar refractivity (Wildman–Crippen MR) is 110 cm³/mol. The first kappa shape index (κ1) is 20.8. The molecule has 0 saturated heterocycles. The lowest BCUT2D eigenvalue weighted by Gasteiger charge is -2.32. The van der Waals surface area contributed by atoms with E-state index in [9.17, 15) is 15.0 Å². The molecule has 27 heavy (non-hydrogen) atoms. The van der Waals surface area contributed by atoms with Gasteiger partial charge in [-0.05, 0) is 84.1 Å². The van der Waals surface area contributed by atoms with E-state index in [0.717, 1.165) is 25.7 Å². The summed E-state index contributed by atoms with van der Waals surface area (Å²) in [5, 5.41) is 19.6. The Morgan fingerprint density at radius 3 is 2.56 bits per heavy atom. The highest BCUT2D eigenvalue weighted by Gasteiger charge is 2.30. The Hall–Kier alpha value is -2.49. The third-order valence-electron chi connectivity index (χ3n) is 4.88. The Morgan fingerprint density at radius 2 is 1.93 bits per heavy atom. The largest absolute Gasteiger partial charge is 0.506 e. The Balaban J connectivity index is 2.07. The highest BCUT2D eigenvalue weighted by Crippen LogP contribution is 2.41. The quantitative estimate of drug-likeness (QED) is 0.575. The van der Waals surface area contributed by atoms with Crippen molar-refractivity contribution >= 4 is 12.0 Å². The van der Waals surface area contributed by atoms with Gasteiger partial charge in [0.1, 0.15) is 22.7 Å². The molecule has 4 heteroatoms. The molecule has 0 aliphatic carbocycles. The van der Waals surface area contributed by atoms with E-state index < -0.39 is 11.6 Å². The second-order valence-corrected chi connectivity index (χ2v) is 7.79. The number of fused-ring (bicyclic) bond motifs is 1.